The van der Waals surface area contributed by atoms with E-state index >= 15 is 0 Å². The average Bonchev–Trinajstić information content (AvgIpc) is 2.35. The number of carbonyl (C=O) groups is 1. The molecule has 0 aliphatic heterocycles. The van der Waals surface area contributed by atoms with Gasteiger partial charge < -0.3 is 11.1 Å². The fourth-order valence-electron chi connectivity index (χ4n) is 1.49. The van der Waals surface area contributed by atoms with Crippen molar-refractivity contribution >= 4 is 52.1 Å². The van der Waals surface area contributed by atoms with E-state index in [-0.39, 0.29) is 11.5 Å². The Hall–Kier alpha value is -1.42. The molecule has 0 fully saturated rings. The topological polar surface area (TPSA) is 55.1 Å². The molecule has 0 saturated carbocycles. The molecule has 0 radical (unpaired) electrons. The zero-order valence-electron chi connectivity index (χ0n) is 9.58. The molecule has 2 rings (SSSR count). The number of hydrogen-bond acceptors (Lipinski definition) is 2. The van der Waals surface area contributed by atoms with Crippen molar-refractivity contribution in [3.63, 3.8) is 0 Å². The molecule has 0 spiro atoms. The number of benzene rings is 2. The van der Waals surface area contributed by atoms with Gasteiger partial charge in [0.1, 0.15) is 0 Å². The van der Waals surface area contributed by atoms with Gasteiger partial charge in [-0.25, -0.2) is 0 Å². The van der Waals surface area contributed by atoms with Crippen molar-refractivity contribution < 1.29 is 4.79 Å². The van der Waals surface area contributed by atoms with Gasteiger partial charge in [0.2, 0.25) is 0 Å². The first-order valence-electron chi connectivity index (χ1n) is 5.29. The molecular formula is C13H9Cl3N2O. The lowest BCUT2D eigenvalue weighted by atomic mass is 10.2. The van der Waals surface area contributed by atoms with Gasteiger partial charge in [0, 0.05) is 10.7 Å². The smallest absolute Gasteiger partial charge is 0.257 e. The number of amides is 1. The normalized spacial score (nSPS) is 10.3. The summed E-state index contributed by atoms with van der Waals surface area (Å²) >= 11 is 17.8. The van der Waals surface area contributed by atoms with Crippen LogP contribution in [0.4, 0.5) is 11.4 Å². The summed E-state index contributed by atoms with van der Waals surface area (Å²) in [5, 5.41) is 3.75. The van der Waals surface area contributed by atoms with Crippen LogP contribution >= 0.6 is 34.8 Å². The fourth-order valence-corrected chi connectivity index (χ4v) is 2.11. The first kappa shape index (κ1) is 14.0. The molecule has 0 bridgehead atoms. The molecule has 0 aromatic heterocycles. The van der Waals surface area contributed by atoms with E-state index in [2.05, 4.69) is 5.32 Å². The Labute approximate surface area is 125 Å². The summed E-state index contributed by atoms with van der Waals surface area (Å²) in [6, 6.07) is 9.47. The molecule has 0 aliphatic carbocycles. The van der Waals surface area contributed by atoms with E-state index in [9.17, 15) is 4.79 Å². The Morgan fingerprint density at radius 1 is 1.00 bits per heavy atom. The van der Waals surface area contributed by atoms with Gasteiger partial charge in [-0.1, -0.05) is 34.8 Å². The SMILES string of the molecule is Nc1ccc(NC(=O)c2cc(Cl)ccc2Cl)c(Cl)c1. The molecule has 3 nitrogen and oxygen atoms in total. The van der Waals surface area contributed by atoms with Crippen molar-refractivity contribution in [2.45, 2.75) is 0 Å². The minimum atomic E-state index is -0.390. The second-order valence-electron chi connectivity index (χ2n) is 3.82. The Morgan fingerprint density at radius 3 is 2.42 bits per heavy atom. The molecule has 6 heteroatoms. The zero-order chi connectivity index (χ0) is 14.0. The van der Waals surface area contributed by atoms with Crippen LogP contribution in [0, 0.1) is 0 Å². The van der Waals surface area contributed by atoms with Crippen LogP contribution in [0.15, 0.2) is 36.4 Å². The standard InChI is InChI=1S/C13H9Cl3N2O/c14-7-1-3-10(15)9(5-7)13(19)18-12-4-2-8(17)6-11(12)16/h1-6H,17H2,(H,18,19). The summed E-state index contributed by atoms with van der Waals surface area (Å²) in [6.45, 7) is 0. The van der Waals surface area contributed by atoms with Crippen molar-refractivity contribution in [1.29, 1.82) is 0 Å². The molecule has 0 saturated heterocycles. The van der Waals surface area contributed by atoms with E-state index in [1.807, 2.05) is 0 Å². The number of anilines is 2. The summed E-state index contributed by atoms with van der Waals surface area (Å²) < 4.78 is 0. The van der Waals surface area contributed by atoms with Crippen molar-refractivity contribution in [2.75, 3.05) is 11.1 Å². The lowest BCUT2D eigenvalue weighted by molar-refractivity contribution is 0.102. The number of hydrogen-bond donors (Lipinski definition) is 2. The lowest BCUT2D eigenvalue weighted by Crippen LogP contribution is -2.12. The van der Waals surface area contributed by atoms with Gasteiger partial charge in [-0.15, -0.1) is 0 Å². The minimum Gasteiger partial charge on any atom is -0.399 e. The van der Waals surface area contributed by atoms with E-state index in [1.165, 1.54) is 6.07 Å². The first-order chi connectivity index (χ1) is 8.97. The fraction of sp³-hybridized carbons (Fsp3) is 0. The third-order valence-electron chi connectivity index (χ3n) is 2.41. The quantitative estimate of drug-likeness (QED) is 0.803. The van der Waals surface area contributed by atoms with Crippen LogP contribution in [-0.2, 0) is 0 Å². The van der Waals surface area contributed by atoms with Crippen molar-refractivity contribution in [3.8, 4) is 0 Å². The van der Waals surface area contributed by atoms with Gasteiger partial charge in [-0.3, -0.25) is 4.79 Å². The largest absolute Gasteiger partial charge is 0.399 e. The van der Waals surface area contributed by atoms with Gasteiger partial charge in [-0.05, 0) is 36.4 Å². The first-order valence-corrected chi connectivity index (χ1v) is 6.42. The molecular weight excluding hydrogens is 307 g/mol. The van der Waals surface area contributed by atoms with Crippen LogP contribution in [0.5, 0.6) is 0 Å². The van der Waals surface area contributed by atoms with E-state index in [0.29, 0.717) is 26.4 Å². The molecule has 3 N–H and O–H groups in total. The second kappa shape index (κ2) is 5.70. The molecule has 0 heterocycles. The van der Waals surface area contributed by atoms with Crippen LogP contribution in [0.2, 0.25) is 15.1 Å². The zero-order valence-corrected chi connectivity index (χ0v) is 11.9. The number of halogens is 3. The van der Waals surface area contributed by atoms with Gasteiger partial charge in [0.15, 0.2) is 0 Å². The summed E-state index contributed by atoms with van der Waals surface area (Å²) in [6.07, 6.45) is 0. The van der Waals surface area contributed by atoms with Crippen LogP contribution in [0.3, 0.4) is 0 Å². The van der Waals surface area contributed by atoms with Crippen molar-refractivity contribution in [1.82, 2.24) is 0 Å². The van der Waals surface area contributed by atoms with E-state index < -0.39 is 0 Å². The summed E-state index contributed by atoms with van der Waals surface area (Å²) in [7, 11) is 0. The van der Waals surface area contributed by atoms with Crippen LogP contribution in [-0.4, -0.2) is 5.91 Å². The van der Waals surface area contributed by atoms with Crippen LogP contribution in [0.25, 0.3) is 0 Å². The summed E-state index contributed by atoms with van der Waals surface area (Å²) in [5.41, 5.74) is 6.83. The highest BCUT2D eigenvalue weighted by Crippen LogP contribution is 2.26. The van der Waals surface area contributed by atoms with E-state index in [1.54, 1.807) is 30.3 Å². The second-order valence-corrected chi connectivity index (χ2v) is 5.07. The number of carbonyl (C=O) groups excluding carboxylic acids is 1. The van der Waals surface area contributed by atoms with Gasteiger partial charge >= 0.3 is 0 Å². The monoisotopic (exact) mass is 314 g/mol. The molecule has 19 heavy (non-hydrogen) atoms. The molecule has 2 aromatic carbocycles. The number of nitrogens with two attached hydrogens (primary N) is 1. The predicted molar refractivity (Wildman–Crippen MR) is 80.3 cm³/mol. The highest BCUT2D eigenvalue weighted by Gasteiger charge is 2.12. The third-order valence-corrected chi connectivity index (χ3v) is 3.29. The Kier molecular flexibility index (Phi) is 4.20. The lowest BCUT2D eigenvalue weighted by Gasteiger charge is -2.09. The Bertz CT molecular complexity index is 644. The maximum Gasteiger partial charge on any atom is 0.257 e. The van der Waals surface area contributed by atoms with Gasteiger partial charge in [-0.2, -0.15) is 0 Å². The number of nitrogen functional groups attached to an aromatic ring is 1. The maximum atomic E-state index is 12.1. The van der Waals surface area contributed by atoms with Crippen LogP contribution < -0.4 is 11.1 Å². The molecule has 0 unspecified atom stereocenters. The number of rotatable bonds is 2. The third kappa shape index (κ3) is 3.32. The van der Waals surface area contributed by atoms with Crippen LogP contribution in [0.1, 0.15) is 10.4 Å². The van der Waals surface area contributed by atoms with E-state index in [0.717, 1.165) is 0 Å². The van der Waals surface area contributed by atoms with Crippen molar-refractivity contribution in [2.24, 2.45) is 0 Å². The maximum absolute atomic E-state index is 12.1. The molecule has 0 atom stereocenters. The minimum absolute atomic E-state index is 0.280. The average molecular weight is 316 g/mol. The Morgan fingerprint density at radius 2 is 1.74 bits per heavy atom. The molecule has 0 aliphatic rings. The molecule has 1 amide bonds. The van der Waals surface area contributed by atoms with E-state index in [4.69, 9.17) is 40.5 Å². The molecule has 98 valence electrons. The highest BCUT2D eigenvalue weighted by atomic mass is 35.5. The van der Waals surface area contributed by atoms with Gasteiger partial charge in [0.25, 0.3) is 5.91 Å². The number of nitrogens with one attached hydrogen (secondary N) is 1. The molecule has 2 aromatic rings. The van der Waals surface area contributed by atoms with Gasteiger partial charge in [0.05, 0.1) is 21.3 Å². The van der Waals surface area contributed by atoms with Crippen molar-refractivity contribution in [3.05, 3.63) is 57.0 Å². The predicted octanol–water partition coefficient (Wildman–Crippen LogP) is 4.48. The summed E-state index contributed by atoms with van der Waals surface area (Å²) in [5.74, 6) is -0.390. The highest BCUT2D eigenvalue weighted by molar-refractivity contribution is 6.37. The Balaban J connectivity index is 2.28. The summed E-state index contributed by atoms with van der Waals surface area (Å²) in [4.78, 5) is 12.1.